The molecule has 1 aromatic heterocycles. The fourth-order valence-corrected chi connectivity index (χ4v) is 4.68. The molecule has 1 saturated heterocycles. The summed E-state index contributed by atoms with van der Waals surface area (Å²) >= 11 is 5.91. The van der Waals surface area contributed by atoms with Crippen LogP contribution in [0.1, 0.15) is 19.8 Å². The normalized spacial score (nSPS) is 20.5. The first-order chi connectivity index (χ1) is 16.5. The molecule has 1 saturated carbocycles. The number of nitrogens with one attached hydrogen (secondary N) is 2. The van der Waals surface area contributed by atoms with Crippen molar-refractivity contribution in [2.45, 2.75) is 31.8 Å². The predicted octanol–water partition coefficient (Wildman–Crippen LogP) is 4.49. The molecule has 2 aliphatic rings. The number of halogens is 2. The summed E-state index contributed by atoms with van der Waals surface area (Å²) in [5.41, 5.74) is 1.81. The number of hydrogen-bond donors (Lipinski definition) is 2. The fourth-order valence-electron chi connectivity index (χ4n) is 4.50. The van der Waals surface area contributed by atoms with Gasteiger partial charge in [-0.25, -0.2) is 14.4 Å². The Labute approximate surface area is 200 Å². The molecule has 2 aromatic carbocycles. The van der Waals surface area contributed by atoms with Crippen molar-refractivity contribution in [3.05, 3.63) is 47.5 Å². The summed E-state index contributed by atoms with van der Waals surface area (Å²) < 4.78 is 19.3. The zero-order valence-electron chi connectivity index (χ0n) is 18.4. The van der Waals surface area contributed by atoms with Gasteiger partial charge in [0.15, 0.2) is 0 Å². The molecule has 174 valence electrons. The predicted molar refractivity (Wildman–Crippen MR) is 127 cm³/mol. The second-order valence-electron chi connectivity index (χ2n) is 8.37. The molecule has 3 unspecified atom stereocenters. The average molecular weight is 481 g/mol. The Kier molecular flexibility index (Phi) is 5.84. The van der Waals surface area contributed by atoms with E-state index in [2.05, 4.69) is 26.7 Å². The Bertz CT molecular complexity index is 1310. The minimum Gasteiger partial charge on any atom is -0.492 e. The number of aromatic nitrogens is 2. The van der Waals surface area contributed by atoms with Crippen molar-refractivity contribution in [3.8, 4) is 11.8 Å². The number of fused-ring (bicyclic) bond motifs is 2. The van der Waals surface area contributed by atoms with Crippen LogP contribution >= 0.6 is 11.6 Å². The Morgan fingerprint density at radius 3 is 2.94 bits per heavy atom. The van der Waals surface area contributed by atoms with Crippen LogP contribution in [-0.2, 0) is 4.79 Å². The maximum absolute atomic E-state index is 13.5. The van der Waals surface area contributed by atoms with Gasteiger partial charge in [0.1, 0.15) is 29.8 Å². The Morgan fingerprint density at radius 1 is 1.32 bits per heavy atom. The summed E-state index contributed by atoms with van der Waals surface area (Å²) in [5, 5.41) is 16.4. The van der Waals surface area contributed by atoms with Crippen LogP contribution in [0.2, 0.25) is 5.02 Å². The number of carbonyl (C=O) groups is 1. The number of benzene rings is 2. The molecule has 1 aliphatic carbocycles. The van der Waals surface area contributed by atoms with Crippen LogP contribution in [0.15, 0.2) is 36.7 Å². The maximum atomic E-state index is 13.5. The van der Waals surface area contributed by atoms with Crippen LogP contribution in [0, 0.1) is 23.1 Å². The van der Waals surface area contributed by atoms with Gasteiger partial charge in [-0.1, -0.05) is 11.6 Å². The number of anilines is 3. The van der Waals surface area contributed by atoms with Gasteiger partial charge >= 0.3 is 0 Å². The largest absolute Gasteiger partial charge is 0.492 e. The summed E-state index contributed by atoms with van der Waals surface area (Å²) in [5.74, 6) is 0.892. The van der Waals surface area contributed by atoms with Crippen molar-refractivity contribution in [1.29, 1.82) is 5.26 Å². The SMILES string of the molecule is CCOc1cc2ncnc(Nc3ccc(F)c(Cl)c3)c2cc1NCC(=O)N1C(C#N)CC2CC21. The van der Waals surface area contributed by atoms with Gasteiger partial charge in [0.2, 0.25) is 5.91 Å². The van der Waals surface area contributed by atoms with E-state index in [1.165, 1.54) is 18.5 Å². The van der Waals surface area contributed by atoms with Crippen LogP contribution in [0.3, 0.4) is 0 Å². The molecule has 3 atom stereocenters. The second kappa shape index (κ2) is 8.95. The van der Waals surface area contributed by atoms with E-state index in [-0.39, 0.29) is 29.6 Å². The Balaban J connectivity index is 1.42. The molecular formula is C24H22ClFN6O2. The summed E-state index contributed by atoms with van der Waals surface area (Å²) in [4.78, 5) is 23.3. The van der Waals surface area contributed by atoms with Crippen LogP contribution in [0.4, 0.5) is 21.6 Å². The van der Waals surface area contributed by atoms with Crippen molar-refractivity contribution in [2.75, 3.05) is 23.8 Å². The lowest BCUT2D eigenvalue weighted by Crippen LogP contribution is -2.41. The van der Waals surface area contributed by atoms with Crippen molar-refractivity contribution >= 4 is 45.6 Å². The molecule has 1 amide bonds. The number of nitriles is 1. The van der Waals surface area contributed by atoms with Crippen LogP contribution in [0.25, 0.3) is 10.9 Å². The molecule has 0 bridgehead atoms. The smallest absolute Gasteiger partial charge is 0.243 e. The van der Waals surface area contributed by atoms with Crippen molar-refractivity contribution in [2.24, 2.45) is 5.92 Å². The fraction of sp³-hybridized carbons (Fsp3) is 0.333. The molecule has 8 nitrogen and oxygen atoms in total. The van der Waals surface area contributed by atoms with E-state index >= 15 is 0 Å². The number of nitrogens with zero attached hydrogens (tertiary/aromatic N) is 4. The molecule has 0 radical (unpaired) electrons. The number of rotatable bonds is 7. The van der Waals surface area contributed by atoms with E-state index < -0.39 is 5.82 Å². The number of hydrogen-bond acceptors (Lipinski definition) is 7. The van der Waals surface area contributed by atoms with Crippen molar-refractivity contribution < 1.29 is 13.9 Å². The standard InChI is InChI=1S/C24H22ClFN6O2/c1-2-34-22-9-19-16(24(30-12-29-19)31-14-3-4-18(26)17(25)7-14)8-20(22)28-11-23(33)32-15(10-27)5-13-6-21(13)32/h3-4,7-9,12-13,15,21,28H,2,5-6,11H2,1H3,(H,29,30,31). The lowest BCUT2D eigenvalue weighted by atomic mass is 10.1. The van der Waals surface area contributed by atoms with E-state index in [0.29, 0.717) is 46.4 Å². The summed E-state index contributed by atoms with van der Waals surface area (Å²) in [6, 6.07) is 9.98. The van der Waals surface area contributed by atoms with E-state index in [9.17, 15) is 14.4 Å². The van der Waals surface area contributed by atoms with Gasteiger partial charge in [-0.05, 0) is 49.9 Å². The number of carbonyl (C=O) groups excluding carboxylic acids is 1. The minimum atomic E-state index is -0.508. The number of piperidine rings is 1. The molecule has 1 aliphatic heterocycles. The first-order valence-electron chi connectivity index (χ1n) is 11.1. The lowest BCUT2D eigenvalue weighted by Gasteiger charge is -2.23. The number of likely N-dealkylation sites (tertiary alicyclic amines) is 1. The third-order valence-corrected chi connectivity index (χ3v) is 6.48. The highest BCUT2D eigenvalue weighted by Crippen LogP contribution is 2.47. The zero-order chi connectivity index (χ0) is 23.8. The lowest BCUT2D eigenvalue weighted by molar-refractivity contribution is -0.130. The highest BCUT2D eigenvalue weighted by Gasteiger charge is 2.53. The zero-order valence-corrected chi connectivity index (χ0v) is 19.1. The van der Waals surface area contributed by atoms with Gasteiger partial charge in [-0.2, -0.15) is 5.26 Å². The molecule has 3 aromatic rings. The molecule has 2 N–H and O–H groups in total. The van der Waals surface area contributed by atoms with Crippen molar-refractivity contribution in [3.63, 3.8) is 0 Å². The van der Waals surface area contributed by atoms with Gasteiger partial charge < -0.3 is 20.3 Å². The quantitative estimate of drug-likeness (QED) is 0.513. The summed E-state index contributed by atoms with van der Waals surface area (Å²) in [6.45, 7) is 2.35. The first-order valence-corrected chi connectivity index (χ1v) is 11.4. The molecule has 5 rings (SSSR count). The van der Waals surface area contributed by atoms with Gasteiger partial charge in [0.05, 0.1) is 35.4 Å². The highest BCUT2D eigenvalue weighted by molar-refractivity contribution is 6.31. The third kappa shape index (κ3) is 4.17. The molecule has 0 spiro atoms. The third-order valence-electron chi connectivity index (χ3n) is 6.19. The Hall–Kier alpha value is -3.64. The molecule has 34 heavy (non-hydrogen) atoms. The second-order valence-corrected chi connectivity index (χ2v) is 8.78. The maximum Gasteiger partial charge on any atom is 0.243 e. The summed E-state index contributed by atoms with van der Waals surface area (Å²) in [6.07, 6.45) is 3.15. The molecule has 2 heterocycles. The van der Waals surface area contributed by atoms with Crippen LogP contribution < -0.4 is 15.4 Å². The van der Waals surface area contributed by atoms with E-state index in [1.807, 2.05) is 13.0 Å². The van der Waals surface area contributed by atoms with Crippen LogP contribution in [-0.4, -0.2) is 46.0 Å². The van der Waals surface area contributed by atoms with E-state index in [1.54, 1.807) is 17.0 Å². The van der Waals surface area contributed by atoms with Crippen molar-refractivity contribution in [1.82, 2.24) is 14.9 Å². The first kappa shape index (κ1) is 22.2. The summed E-state index contributed by atoms with van der Waals surface area (Å²) in [7, 11) is 0. The minimum absolute atomic E-state index is 0.00153. The number of ether oxygens (including phenoxy) is 1. The van der Waals surface area contributed by atoms with Gasteiger partial charge in [-0.3, -0.25) is 4.79 Å². The van der Waals surface area contributed by atoms with Gasteiger partial charge in [0.25, 0.3) is 0 Å². The highest BCUT2D eigenvalue weighted by atomic mass is 35.5. The van der Waals surface area contributed by atoms with Gasteiger partial charge in [0, 0.05) is 23.2 Å². The van der Waals surface area contributed by atoms with E-state index in [4.69, 9.17) is 16.3 Å². The molecule has 2 fully saturated rings. The average Bonchev–Trinajstić information content (AvgIpc) is 3.49. The monoisotopic (exact) mass is 480 g/mol. The molecule has 10 heteroatoms. The molecular weight excluding hydrogens is 459 g/mol. The van der Waals surface area contributed by atoms with Gasteiger partial charge in [-0.15, -0.1) is 0 Å². The Morgan fingerprint density at radius 2 is 2.18 bits per heavy atom. The van der Waals surface area contributed by atoms with Crippen LogP contribution in [0.5, 0.6) is 5.75 Å². The van der Waals surface area contributed by atoms with E-state index in [0.717, 1.165) is 12.8 Å². The number of amides is 1. The topological polar surface area (TPSA) is 103 Å².